The Morgan fingerprint density at radius 1 is 1.15 bits per heavy atom. The summed E-state index contributed by atoms with van der Waals surface area (Å²) in [6.07, 6.45) is 4.83. The van der Waals surface area contributed by atoms with E-state index in [0.717, 1.165) is 49.3 Å². The van der Waals surface area contributed by atoms with Gasteiger partial charge in [-0.1, -0.05) is 24.3 Å². The average Bonchev–Trinajstić information content (AvgIpc) is 3.08. The molecule has 0 saturated carbocycles. The van der Waals surface area contributed by atoms with Gasteiger partial charge in [0.05, 0.1) is 0 Å². The Morgan fingerprint density at radius 3 is 2.85 bits per heavy atom. The molecule has 0 fully saturated rings. The molecule has 27 heavy (non-hydrogen) atoms. The quantitative estimate of drug-likeness (QED) is 0.748. The second-order valence-corrected chi connectivity index (χ2v) is 7.05. The number of benzene rings is 2. The molecule has 0 aliphatic carbocycles. The van der Waals surface area contributed by atoms with Gasteiger partial charge in [-0.05, 0) is 48.2 Å². The summed E-state index contributed by atoms with van der Waals surface area (Å²) in [6, 6.07) is 14.2. The molecule has 2 heterocycles. The Balaban J connectivity index is 1.53. The molecule has 1 aliphatic rings. The molecule has 1 aliphatic heterocycles. The monoisotopic (exact) mass is 363 g/mol. The summed E-state index contributed by atoms with van der Waals surface area (Å²) in [6.45, 7) is 6.19. The van der Waals surface area contributed by atoms with Crippen LogP contribution >= 0.6 is 0 Å². The number of hydrogen-bond donors (Lipinski definition) is 1. The Morgan fingerprint density at radius 2 is 2.04 bits per heavy atom. The zero-order chi connectivity index (χ0) is 18.6. The van der Waals surface area contributed by atoms with Crippen LogP contribution < -0.4 is 4.74 Å². The SMILES string of the molecule is Cc1ccccc1-c1cc(O)c2c(c1)CN(CCCn1cccn1)CCO2. The largest absolute Gasteiger partial charge is 0.504 e. The Labute approximate surface area is 159 Å². The number of aromatic hydroxyl groups is 1. The first-order chi connectivity index (χ1) is 13.2. The highest BCUT2D eigenvalue weighted by Gasteiger charge is 2.20. The van der Waals surface area contributed by atoms with Crippen molar-refractivity contribution < 1.29 is 9.84 Å². The van der Waals surface area contributed by atoms with E-state index in [0.29, 0.717) is 12.4 Å². The molecule has 1 N–H and O–H groups in total. The molecule has 2 aromatic carbocycles. The fourth-order valence-corrected chi connectivity index (χ4v) is 3.69. The lowest BCUT2D eigenvalue weighted by Gasteiger charge is -2.19. The fourth-order valence-electron chi connectivity index (χ4n) is 3.69. The van der Waals surface area contributed by atoms with Gasteiger partial charge in [0.25, 0.3) is 0 Å². The summed E-state index contributed by atoms with van der Waals surface area (Å²) < 4.78 is 7.84. The molecule has 4 rings (SSSR count). The lowest BCUT2D eigenvalue weighted by Crippen LogP contribution is -2.27. The Kier molecular flexibility index (Phi) is 5.12. The van der Waals surface area contributed by atoms with Crippen LogP contribution in [0.4, 0.5) is 0 Å². The van der Waals surface area contributed by atoms with Crippen molar-refractivity contribution in [3.05, 3.63) is 66.0 Å². The fraction of sp³-hybridized carbons (Fsp3) is 0.318. The van der Waals surface area contributed by atoms with Gasteiger partial charge in [-0.3, -0.25) is 9.58 Å². The van der Waals surface area contributed by atoms with Crippen molar-refractivity contribution >= 4 is 0 Å². The van der Waals surface area contributed by atoms with E-state index in [4.69, 9.17) is 4.74 Å². The summed E-state index contributed by atoms with van der Waals surface area (Å²) in [4.78, 5) is 2.39. The number of ether oxygens (including phenoxy) is 1. The van der Waals surface area contributed by atoms with Crippen LogP contribution in [0.5, 0.6) is 11.5 Å². The van der Waals surface area contributed by atoms with Gasteiger partial charge in [0, 0.05) is 44.1 Å². The maximum atomic E-state index is 10.5. The van der Waals surface area contributed by atoms with Crippen LogP contribution in [0.3, 0.4) is 0 Å². The second kappa shape index (κ2) is 7.84. The Hall–Kier alpha value is -2.79. The van der Waals surface area contributed by atoms with Crippen molar-refractivity contribution in [2.24, 2.45) is 0 Å². The Bertz CT molecular complexity index is 906. The van der Waals surface area contributed by atoms with Gasteiger partial charge in [-0.15, -0.1) is 0 Å². The van der Waals surface area contributed by atoms with Gasteiger partial charge >= 0.3 is 0 Å². The van der Waals surface area contributed by atoms with E-state index < -0.39 is 0 Å². The van der Waals surface area contributed by atoms with Gasteiger partial charge < -0.3 is 9.84 Å². The summed E-state index contributed by atoms with van der Waals surface area (Å²) in [7, 11) is 0. The summed E-state index contributed by atoms with van der Waals surface area (Å²) in [5, 5.41) is 14.8. The molecule has 0 bridgehead atoms. The molecule has 140 valence electrons. The van der Waals surface area contributed by atoms with Crippen LogP contribution in [0, 0.1) is 6.92 Å². The minimum absolute atomic E-state index is 0.226. The zero-order valence-corrected chi connectivity index (χ0v) is 15.6. The molecule has 0 unspecified atom stereocenters. The number of hydrogen-bond acceptors (Lipinski definition) is 4. The minimum Gasteiger partial charge on any atom is -0.504 e. The van der Waals surface area contributed by atoms with Crippen LogP contribution in [0.25, 0.3) is 11.1 Å². The van der Waals surface area contributed by atoms with Crippen molar-refractivity contribution in [2.75, 3.05) is 19.7 Å². The smallest absolute Gasteiger partial charge is 0.165 e. The number of fused-ring (bicyclic) bond motifs is 1. The molecule has 0 amide bonds. The number of nitrogens with zero attached hydrogens (tertiary/aromatic N) is 3. The molecule has 0 spiro atoms. The number of aryl methyl sites for hydroxylation is 2. The van der Waals surface area contributed by atoms with E-state index >= 15 is 0 Å². The molecule has 0 atom stereocenters. The van der Waals surface area contributed by atoms with Crippen LogP contribution in [0.1, 0.15) is 17.5 Å². The van der Waals surface area contributed by atoms with E-state index in [2.05, 4.69) is 35.1 Å². The molecular formula is C22H25N3O2. The van der Waals surface area contributed by atoms with Crippen LogP contribution in [0.15, 0.2) is 54.9 Å². The third kappa shape index (κ3) is 3.98. The summed E-state index contributed by atoms with van der Waals surface area (Å²) in [5.41, 5.74) is 4.42. The van der Waals surface area contributed by atoms with Crippen LogP contribution in [-0.2, 0) is 13.1 Å². The van der Waals surface area contributed by atoms with E-state index in [1.807, 2.05) is 41.3 Å². The first kappa shape index (κ1) is 17.6. The molecule has 0 radical (unpaired) electrons. The van der Waals surface area contributed by atoms with Gasteiger partial charge in [0.2, 0.25) is 0 Å². The molecule has 5 heteroatoms. The molecule has 0 saturated heterocycles. The highest BCUT2D eigenvalue weighted by Crippen LogP contribution is 2.38. The normalized spacial score (nSPS) is 14.4. The average molecular weight is 363 g/mol. The third-order valence-electron chi connectivity index (χ3n) is 5.07. The van der Waals surface area contributed by atoms with Gasteiger partial charge in [0.15, 0.2) is 11.5 Å². The number of phenolic OH excluding ortho intramolecular Hbond substituents is 1. The highest BCUT2D eigenvalue weighted by atomic mass is 16.5. The van der Waals surface area contributed by atoms with Gasteiger partial charge in [-0.2, -0.15) is 5.10 Å². The van der Waals surface area contributed by atoms with Crippen molar-refractivity contribution in [1.82, 2.24) is 14.7 Å². The minimum atomic E-state index is 0.226. The molecular weight excluding hydrogens is 338 g/mol. The number of aromatic nitrogens is 2. The highest BCUT2D eigenvalue weighted by molar-refractivity contribution is 5.71. The maximum Gasteiger partial charge on any atom is 0.165 e. The van der Waals surface area contributed by atoms with Crippen molar-refractivity contribution in [3.63, 3.8) is 0 Å². The second-order valence-electron chi connectivity index (χ2n) is 7.05. The van der Waals surface area contributed by atoms with Crippen molar-refractivity contribution in [1.29, 1.82) is 0 Å². The number of phenols is 1. The van der Waals surface area contributed by atoms with Crippen LogP contribution in [0.2, 0.25) is 0 Å². The van der Waals surface area contributed by atoms with Gasteiger partial charge in [-0.25, -0.2) is 0 Å². The third-order valence-corrected chi connectivity index (χ3v) is 5.07. The first-order valence-corrected chi connectivity index (χ1v) is 9.45. The predicted molar refractivity (Wildman–Crippen MR) is 106 cm³/mol. The van der Waals surface area contributed by atoms with E-state index in [1.54, 1.807) is 0 Å². The van der Waals surface area contributed by atoms with Gasteiger partial charge in [0.1, 0.15) is 6.61 Å². The first-order valence-electron chi connectivity index (χ1n) is 9.45. The lowest BCUT2D eigenvalue weighted by molar-refractivity contribution is 0.218. The van der Waals surface area contributed by atoms with E-state index in [9.17, 15) is 5.11 Å². The summed E-state index contributed by atoms with van der Waals surface area (Å²) >= 11 is 0. The van der Waals surface area contributed by atoms with E-state index in [-0.39, 0.29) is 5.75 Å². The standard InChI is InChI=1S/C22H25N3O2/c1-17-6-2-3-7-20(17)18-14-19-16-24(9-5-11-25-10-4-8-23-25)12-13-27-22(19)21(26)15-18/h2-4,6-8,10,14-15,26H,5,9,11-13,16H2,1H3. The van der Waals surface area contributed by atoms with Crippen molar-refractivity contribution in [3.8, 4) is 22.6 Å². The van der Waals surface area contributed by atoms with Crippen LogP contribution in [-0.4, -0.2) is 39.5 Å². The lowest BCUT2D eigenvalue weighted by atomic mass is 9.98. The molecule has 5 nitrogen and oxygen atoms in total. The zero-order valence-electron chi connectivity index (χ0n) is 15.6. The van der Waals surface area contributed by atoms with E-state index in [1.165, 1.54) is 5.56 Å². The summed E-state index contributed by atoms with van der Waals surface area (Å²) in [5.74, 6) is 0.853. The predicted octanol–water partition coefficient (Wildman–Crippen LogP) is 3.85. The van der Waals surface area contributed by atoms with Crippen molar-refractivity contribution in [2.45, 2.75) is 26.4 Å². The topological polar surface area (TPSA) is 50.5 Å². The maximum absolute atomic E-state index is 10.5. The number of rotatable bonds is 5. The molecule has 3 aromatic rings. The molecule has 1 aromatic heterocycles.